The Kier molecular flexibility index (Phi) is 5.97. The molecule has 0 saturated carbocycles. The van der Waals surface area contributed by atoms with Gasteiger partial charge in [-0.25, -0.2) is 0 Å². The van der Waals surface area contributed by atoms with Crippen LogP contribution in [0, 0.1) is 12.8 Å². The lowest BCUT2D eigenvalue weighted by molar-refractivity contribution is -0.121. The quantitative estimate of drug-likeness (QED) is 0.867. The molecule has 1 fully saturated rings. The van der Waals surface area contributed by atoms with Crippen LogP contribution < -0.4 is 5.32 Å². The van der Waals surface area contributed by atoms with E-state index in [4.69, 9.17) is 4.74 Å². The summed E-state index contributed by atoms with van der Waals surface area (Å²) in [5, 5.41) is 7.51. The van der Waals surface area contributed by atoms with Gasteiger partial charge in [0.05, 0.1) is 18.2 Å². The number of hydrogen-bond donors (Lipinski definition) is 1. The van der Waals surface area contributed by atoms with E-state index in [9.17, 15) is 4.79 Å². The Labute approximate surface area is 132 Å². The van der Waals surface area contributed by atoms with Crippen molar-refractivity contribution in [2.75, 3.05) is 38.7 Å². The van der Waals surface area contributed by atoms with Gasteiger partial charge in [-0.05, 0) is 32.7 Å². The molecule has 124 valence electrons. The van der Waals surface area contributed by atoms with Crippen molar-refractivity contribution in [3.63, 3.8) is 0 Å². The van der Waals surface area contributed by atoms with Gasteiger partial charge in [-0.1, -0.05) is 6.92 Å². The molecule has 1 N–H and O–H groups in total. The van der Waals surface area contributed by atoms with E-state index in [2.05, 4.69) is 22.2 Å². The van der Waals surface area contributed by atoms with Gasteiger partial charge in [0.25, 0.3) is 0 Å². The zero-order chi connectivity index (χ0) is 16.1. The van der Waals surface area contributed by atoms with E-state index >= 15 is 0 Å². The molecule has 0 aromatic carbocycles. The van der Waals surface area contributed by atoms with E-state index < -0.39 is 0 Å². The molecule has 1 atom stereocenters. The number of nitrogens with zero attached hydrogens (tertiary/aromatic N) is 3. The number of amides is 1. The molecule has 1 unspecified atom stereocenters. The predicted octanol–water partition coefficient (Wildman–Crippen LogP) is 1.59. The smallest absolute Gasteiger partial charge is 0.229 e. The Hall–Kier alpha value is -1.40. The third-order valence-corrected chi connectivity index (χ3v) is 4.43. The van der Waals surface area contributed by atoms with Crippen molar-refractivity contribution in [1.29, 1.82) is 0 Å². The first-order valence-corrected chi connectivity index (χ1v) is 8.11. The van der Waals surface area contributed by atoms with Gasteiger partial charge in [-0.15, -0.1) is 0 Å². The van der Waals surface area contributed by atoms with Crippen molar-refractivity contribution in [1.82, 2.24) is 14.7 Å². The number of methoxy groups -OCH3 is 1. The standard InChI is InChI=1S/C16H28N4O2/c1-5-14-12(2)18-19(3)15(14)17-16(21)13-7-6-8-20(11-13)9-10-22-4/h13H,5-11H2,1-4H3,(H,17,21). The molecule has 1 saturated heterocycles. The molecule has 2 rings (SSSR count). The largest absolute Gasteiger partial charge is 0.383 e. The lowest BCUT2D eigenvalue weighted by Gasteiger charge is -2.31. The fourth-order valence-electron chi connectivity index (χ4n) is 3.19. The number of anilines is 1. The summed E-state index contributed by atoms with van der Waals surface area (Å²) in [5.74, 6) is 1.00. The Balaban J connectivity index is 2.00. The fourth-order valence-corrected chi connectivity index (χ4v) is 3.19. The zero-order valence-electron chi connectivity index (χ0n) is 14.2. The summed E-state index contributed by atoms with van der Waals surface area (Å²) in [5.41, 5.74) is 2.12. The molecule has 6 heteroatoms. The number of carbonyl (C=O) groups excluding carboxylic acids is 1. The highest BCUT2D eigenvalue weighted by molar-refractivity contribution is 5.92. The molecule has 22 heavy (non-hydrogen) atoms. The van der Waals surface area contributed by atoms with Gasteiger partial charge < -0.3 is 15.0 Å². The Morgan fingerprint density at radius 2 is 2.27 bits per heavy atom. The first kappa shape index (κ1) is 17.0. The van der Waals surface area contributed by atoms with Crippen LogP contribution in [0.4, 0.5) is 5.82 Å². The van der Waals surface area contributed by atoms with Crippen molar-refractivity contribution in [3.8, 4) is 0 Å². The van der Waals surface area contributed by atoms with E-state index in [0.29, 0.717) is 0 Å². The summed E-state index contributed by atoms with van der Waals surface area (Å²) >= 11 is 0. The molecule has 1 amide bonds. The van der Waals surface area contributed by atoms with Gasteiger partial charge in [-0.3, -0.25) is 9.48 Å². The van der Waals surface area contributed by atoms with Gasteiger partial charge in [0.15, 0.2) is 0 Å². The molecule has 1 aliphatic rings. The van der Waals surface area contributed by atoms with Crippen LogP contribution in [0.15, 0.2) is 0 Å². The van der Waals surface area contributed by atoms with Gasteiger partial charge in [-0.2, -0.15) is 5.10 Å². The van der Waals surface area contributed by atoms with Crippen molar-refractivity contribution in [2.45, 2.75) is 33.1 Å². The van der Waals surface area contributed by atoms with Crippen LogP contribution in [0.1, 0.15) is 31.0 Å². The second kappa shape index (κ2) is 7.74. The van der Waals surface area contributed by atoms with Crippen molar-refractivity contribution >= 4 is 11.7 Å². The fraction of sp³-hybridized carbons (Fsp3) is 0.750. The van der Waals surface area contributed by atoms with Crippen LogP contribution in [0.3, 0.4) is 0 Å². The van der Waals surface area contributed by atoms with Crippen LogP contribution in [0.25, 0.3) is 0 Å². The summed E-state index contributed by atoms with van der Waals surface area (Å²) in [6.07, 6.45) is 2.89. The predicted molar refractivity (Wildman–Crippen MR) is 87.0 cm³/mol. The topological polar surface area (TPSA) is 59.4 Å². The number of aryl methyl sites for hydroxylation is 2. The van der Waals surface area contributed by atoms with Crippen molar-refractivity contribution in [2.24, 2.45) is 13.0 Å². The number of nitrogens with one attached hydrogen (secondary N) is 1. The first-order chi connectivity index (χ1) is 10.6. The highest BCUT2D eigenvalue weighted by Crippen LogP contribution is 2.22. The number of ether oxygens (including phenoxy) is 1. The molecule has 0 bridgehead atoms. The van der Waals surface area contributed by atoms with E-state index in [-0.39, 0.29) is 11.8 Å². The maximum absolute atomic E-state index is 12.6. The minimum absolute atomic E-state index is 0.0468. The van der Waals surface area contributed by atoms with Crippen LogP contribution in [0.2, 0.25) is 0 Å². The van der Waals surface area contributed by atoms with E-state index in [1.165, 1.54) is 0 Å². The van der Waals surface area contributed by atoms with E-state index in [1.54, 1.807) is 11.8 Å². The zero-order valence-corrected chi connectivity index (χ0v) is 14.2. The molecular formula is C16H28N4O2. The highest BCUT2D eigenvalue weighted by Gasteiger charge is 2.27. The molecule has 0 radical (unpaired) electrons. The van der Waals surface area contributed by atoms with Gasteiger partial charge in [0.2, 0.25) is 5.91 Å². The summed E-state index contributed by atoms with van der Waals surface area (Å²) in [6.45, 7) is 7.56. The molecule has 2 heterocycles. The second-order valence-electron chi connectivity index (χ2n) is 6.01. The summed E-state index contributed by atoms with van der Waals surface area (Å²) in [6, 6.07) is 0. The SMILES string of the molecule is CCc1c(C)nn(C)c1NC(=O)C1CCCN(CCOC)C1. The average Bonchev–Trinajstić information content (AvgIpc) is 2.78. The monoisotopic (exact) mass is 308 g/mol. The summed E-state index contributed by atoms with van der Waals surface area (Å²) in [4.78, 5) is 14.9. The molecular weight excluding hydrogens is 280 g/mol. The molecule has 0 spiro atoms. The highest BCUT2D eigenvalue weighted by atomic mass is 16.5. The Morgan fingerprint density at radius 1 is 1.50 bits per heavy atom. The minimum atomic E-state index is 0.0468. The third-order valence-electron chi connectivity index (χ3n) is 4.43. The van der Waals surface area contributed by atoms with Crippen LogP contribution in [-0.4, -0.2) is 53.9 Å². The Morgan fingerprint density at radius 3 is 2.95 bits per heavy atom. The number of carbonyl (C=O) groups is 1. The van der Waals surface area contributed by atoms with E-state index in [1.807, 2.05) is 14.0 Å². The van der Waals surface area contributed by atoms with Gasteiger partial charge in [0.1, 0.15) is 5.82 Å². The molecule has 6 nitrogen and oxygen atoms in total. The summed E-state index contributed by atoms with van der Waals surface area (Å²) < 4.78 is 6.91. The summed E-state index contributed by atoms with van der Waals surface area (Å²) in [7, 11) is 3.60. The van der Waals surface area contributed by atoms with Gasteiger partial charge in [0, 0.05) is 32.8 Å². The molecule has 1 aromatic heterocycles. The number of rotatable bonds is 6. The van der Waals surface area contributed by atoms with Gasteiger partial charge >= 0.3 is 0 Å². The first-order valence-electron chi connectivity index (χ1n) is 8.11. The molecule has 1 aromatic rings. The van der Waals surface area contributed by atoms with Crippen LogP contribution >= 0.6 is 0 Å². The van der Waals surface area contributed by atoms with E-state index in [0.717, 1.165) is 62.6 Å². The average molecular weight is 308 g/mol. The molecule has 0 aliphatic carbocycles. The van der Waals surface area contributed by atoms with Crippen molar-refractivity contribution in [3.05, 3.63) is 11.3 Å². The lowest BCUT2D eigenvalue weighted by Crippen LogP contribution is -2.42. The van der Waals surface area contributed by atoms with Crippen molar-refractivity contribution < 1.29 is 9.53 Å². The maximum atomic E-state index is 12.6. The van der Waals surface area contributed by atoms with Crippen LogP contribution in [-0.2, 0) is 23.0 Å². The number of likely N-dealkylation sites (tertiary alicyclic amines) is 1. The third kappa shape index (κ3) is 3.87. The van der Waals surface area contributed by atoms with Crippen LogP contribution in [0.5, 0.6) is 0 Å². The number of piperidine rings is 1. The second-order valence-corrected chi connectivity index (χ2v) is 6.01. The number of aromatic nitrogens is 2. The minimum Gasteiger partial charge on any atom is -0.383 e. The number of hydrogen-bond acceptors (Lipinski definition) is 4. The maximum Gasteiger partial charge on any atom is 0.229 e. The molecule has 1 aliphatic heterocycles. The Bertz CT molecular complexity index is 512. The normalized spacial score (nSPS) is 19.4. The lowest BCUT2D eigenvalue weighted by atomic mass is 9.97.